The fourth-order valence-corrected chi connectivity index (χ4v) is 3.76. The van der Waals surface area contributed by atoms with Gasteiger partial charge in [0.1, 0.15) is 0 Å². The first-order chi connectivity index (χ1) is 15.1. The van der Waals surface area contributed by atoms with E-state index in [1.165, 1.54) is 0 Å². The van der Waals surface area contributed by atoms with E-state index >= 15 is 0 Å². The number of piperazine rings is 1. The molecule has 0 spiro atoms. The topological polar surface area (TPSA) is 98.0 Å². The molecule has 0 unspecified atom stereocenters. The highest BCUT2D eigenvalue weighted by Gasteiger charge is 2.28. The van der Waals surface area contributed by atoms with Crippen LogP contribution >= 0.6 is 0 Å². The molecular weight excluding hydrogens is 400 g/mol. The molecule has 0 bridgehead atoms. The van der Waals surface area contributed by atoms with Crippen molar-refractivity contribution in [2.24, 2.45) is 0 Å². The maximum Gasteiger partial charge on any atom is 0.254 e. The lowest BCUT2D eigenvalue weighted by atomic mass is 10.1. The van der Waals surface area contributed by atoms with Gasteiger partial charge in [0, 0.05) is 38.7 Å². The molecule has 0 aliphatic carbocycles. The SMILES string of the molecule is Cc1nnc(-c2ccccc2C(=O)N2CCN(C(=O)c3ccc4c(c3)OCO4)CC2)o1. The van der Waals surface area contributed by atoms with Gasteiger partial charge in [-0.25, -0.2) is 0 Å². The van der Waals surface area contributed by atoms with Crippen LogP contribution in [0.5, 0.6) is 11.5 Å². The van der Waals surface area contributed by atoms with E-state index in [0.29, 0.717) is 66.1 Å². The van der Waals surface area contributed by atoms with Crippen LogP contribution in [0.15, 0.2) is 46.9 Å². The van der Waals surface area contributed by atoms with E-state index in [1.54, 1.807) is 53.1 Å². The second-order valence-corrected chi connectivity index (χ2v) is 7.32. The number of hydrogen-bond acceptors (Lipinski definition) is 7. The van der Waals surface area contributed by atoms with E-state index in [2.05, 4.69) is 10.2 Å². The van der Waals surface area contributed by atoms with E-state index in [1.807, 2.05) is 6.07 Å². The van der Waals surface area contributed by atoms with Gasteiger partial charge >= 0.3 is 0 Å². The first-order valence-electron chi connectivity index (χ1n) is 9.98. The summed E-state index contributed by atoms with van der Waals surface area (Å²) in [5.74, 6) is 1.76. The van der Waals surface area contributed by atoms with Crippen molar-refractivity contribution in [3.05, 3.63) is 59.5 Å². The monoisotopic (exact) mass is 420 g/mol. The lowest BCUT2D eigenvalue weighted by molar-refractivity contribution is 0.0535. The molecule has 1 fully saturated rings. The van der Waals surface area contributed by atoms with Crippen LogP contribution < -0.4 is 9.47 Å². The zero-order chi connectivity index (χ0) is 21.4. The number of aromatic nitrogens is 2. The average Bonchev–Trinajstić information content (AvgIpc) is 3.46. The zero-order valence-corrected chi connectivity index (χ0v) is 16.9. The summed E-state index contributed by atoms with van der Waals surface area (Å²) in [7, 11) is 0. The summed E-state index contributed by atoms with van der Waals surface area (Å²) in [5.41, 5.74) is 1.65. The summed E-state index contributed by atoms with van der Waals surface area (Å²) < 4.78 is 16.2. The number of aryl methyl sites for hydroxylation is 1. The number of hydrogen-bond donors (Lipinski definition) is 0. The zero-order valence-electron chi connectivity index (χ0n) is 16.9. The van der Waals surface area contributed by atoms with Crippen LogP contribution in [0.2, 0.25) is 0 Å². The number of carbonyl (C=O) groups excluding carboxylic acids is 2. The summed E-state index contributed by atoms with van der Waals surface area (Å²) in [4.78, 5) is 29.5. The van der Waals surface area contributed by atoms with Crippen LogP contribution in [0.25, 0.3) is 11.5 Å². The molecule has 1 aromatic heterocycles. The highest BCUT2D eigenvalue weighted by molar-refractivity contribution is 6.00. The van der Waals surface area contributed by atoms with Gasteiger partial charge in [0.25, 0.3) is 11.8 Å². The summed E-state index contributed by atoms with van der Waals surface area (Å²) in [6, 6.07) is 12.3. The van der Waals surface area contributed by atoms with E-state index in [9.17, 15) is 9.59 Å². The second-order valence-electron chi connectivity index (χ2n) is 7.32. The minimum atomic E-state index is -0.123. The molecule has 0 atom stereocenters. The molecule has 0 radical (unpaired) electrons. The van der Waals surface area contributed by atoms with Crippen LogP contribution in [0.4, 0.5) is 0 Å². The number of carbonyl (C=O) groups is 2. The number of fused-ring (bicyclic) bond motifs is 1. The first-order valence-corrected chi connectivity index (χ1v) is 9.98. The minimum Gasteiger partial charge on any atom is -0.454 e. The second kappa shape index (κ2) is 7.75. The van der Waals surface area contributed by atoms with Crippen molar-refractivity contribution in [1.29, 1.82) is 0 Å². The number of benzene rings is 2. The maximum absolute atomic E-state index is 13.2. The van der Waals surface area contributed by atoms with Crippen LogP contribution in [0, 0.1) is 6.92 Å². The maximum atomic E-state index is 13.2. The summed E-state index contributed by atoms with van der Waals surface area (Å²) in [5, 5.41) is 7.89. The molecular formula is C22H20N4O5. The van der Waals surface area contributed by atoms with E-state index in [4.69, 9.17) is 13.9 Å². The van der Waals surface area contributed by atoms with Crippen LogP contribution in [0.3, 0.4) is 0 Å². The third-order valence-corrected chi connectivity index (χ3v) is 5.39. The van der Waals surface area contributed by atoms with Crippen molar-refractivity contribution >= 4 is 11.8 Å². The predicted molar refractivity (Wildman–Crippen MR) is 109 cm³/mol. The Balaban J connectivity index is 1.28. The van der Waals surface area contributed by atoms with E-state index in [-0.39, 0.29) is 18.6 Å². The lowest BCUT2D eigenvalue weighted by Crippen LogP contribution is -2.50. The van der Waals surface area contributed by atoms with Gasteiger partial charge < -0.3 is 23.7 Å². The van der Waals surface area contributed by atoms with Crippen molar-refractivity contribution in [2.45, 2.75) is 6.92 Å². The Labute approximate surface area is 178 Å². The third-order valence-electron chi connectivity index (χ3n) is 5.39. The quantitative estimate of drug-likeness (QED) is 0.642. The molecule has 3 heterocycles. The number of nitrogens with zero attached hydrogens (tertiary/aromatic N) is 4. The highest BCUT2D eigenvalue weighted by Crippen LogP contribution is 2.33. The van der Waals surface area contributed by atoms with E-state index < -0.39 is 0 Å². The van der Waals surface area contributed by atoms with Gasteiger partial charge in [-0.15, -0.1) is 10.2 Å². The summed E-state index contributed by atoms with van der Waals surface area (Å²) in [6.45, 7) is 3.63. The molecule has 9 heteroatoms. The highest BCUT2D eigenvalue weighted by atomic mass is 16.7. The average molecular weight is 420 g/mol. The Morgan fingerprint density at radius 2 is 1.58 bits per heavy atom. The molecule has 3 aromatic rings. The Morgan fingerprint density at radius 3 is 2.32 bits per heavy atom. The molecule has 2 amide bonds. The van der Waals surface area contributed by atoms with Crippen molar-refractivity contribution in [1.82, 2.24) is 20.0 Å². The largest absolute Gasteiger partial charge is 0.454 e. The molecule has 2 aromatic carbocycles. The van der Waals surface area contributed by atoms with Gasteiger partial charge in [-0.1, -0.05) is 12.1 Å². The Morgan fingerprint density at radius 1 is 0.871 bits per heavy atom. The fourth-order valence-electron chi connectivity index (χ4n) is 3.76. The Bertz CT molecular complexity index is 1150. The standard InChI is InChI=1S/C22H20N4O5/c1-14-23-24-20(31-14)16-4-2-3-5-17(16)22(28)26-10-8-25(9-11-26)21(27)15-6-7-18-19(12-15)30-13-29-18/h2-7,12H,8-11,13H2,1H3. The number of amides is 2. The molecule has 9 nitrogen and oxygen atoms in total. The van der Waals surface area contributed by atoms with Gasteiger partial charge in [-0.05, 0) is 30.3 Å². The van der Waals surface area contributed by atoms with E-state index in [0.717, 1.165) is 0 Å². The molecule has 1 saturated heterocycles. The Hall–Kier alpha value is -3.88. The lowest BCUT2D eigenvalue weighted by Gasteiger charge is -2.35. The molecule has 158 valence electrons. The number of ether oxygens (including phenoxy) is 2. The van der Waals surface area contributed by atoms with Crippen molar-refractivity contribution in [3.8, 4) is 23.0 Å². The fraction of sp³-hybridized carbons (Fsp3) is 0.273. The van der Waals surface area contributed by atoms with Crippen LogP contribution in [-0.2, 0) is 0 Å². The van der Waals surface area contributed by atoms with Crippen LogP contribution in [0.1, 0.15) is 26.6 Å². The van der Waals surface area contributed by atoms with Crippen molar-refractivity contribution in [2.75, 3.05) is 33.0 Å². The number of rotatable bonds is 3. The minimum absolute atomic E-state index is 0.0906. The molecule has 0 saturated carbocycles. The molecule has 5 rings (SSSR count). The van der Waals surface area contributed by atoms with Crippen molar-refractivity contribution in [3.63, 3.8) is 0 Å². The van der Waals surface area contributed by atoms with Gasteiger partial charge in [-0.2, -0.15) is 0 Å². The normalized spacial score (nSPS) is 15.3. The van der Waals surface area contributed by atoms with Gasteiger partial charge in [0.2, 0.25) is 18.6 Å². The van der Waals surface area contributed by atoms with Gasteiger partial charge in [-0.3, -0.25) is 9.59 Å². The summed E-state index contributed by atoms with van der Waals surface area (Å²) >= 11 is 0. The molecule has 31 heavy (non-hydrogen) atoms. The third kappa shape index (κ3) is 3.58. The van der Waals surface area contributed by atoms with Crippen molar-refractivity contribution < 1.29 is 23.5 Å². The predicted octanol–water partition coefficient (Wildman–Crippen LogP) is 2.37. The molecule has 0 N–H and O–H groups in total. The van der Waals surface area contributed by atoms with Gasteiger partial charge in [0.15, 0.2) is 11.5 Å². The molecule has 2 aliphatic rings. The van der Waals surface area contributed by atoms with Gasteiger partial charge in [0.05, 0.1) is 11.1 Å². The molecule has 2 aliphatic heterocycles. The van der Waals surface area contributed by atoms with Crippen LogP contribution in [-0.4, -0.2) is 64.8 Å². The smallest absolute Gasteiger partial charge is 0.254 e. The summed E-state index contributed by atoms with van der Waals surface area (Å²) in [6.07, 6.45) is 0. The first kappa shape index (κ1) is 19.1. The Kier molecular flexibility index (Phi) is 4.78.